The van der Waals surface area contributed by atoms with E-state index < -0.39 is 9.71 Å². The topological polar surface area (TPSA) is 32.3 Å². The third kappa shape index (κ3) is 2.30. The van der Waals surface area contributed by atoms with Gasteiger partial charge in [-0.25, -0.2) is 8.51 Å². The van der Waals surface area contributed by atoms with Crippen LogP contribution in [0.2, 0.25) is 0 Å². The van der Waals surface area contributed by atoms with Crippen LogP contribution in [0, 0.1) is 0 Å². The molecule has 0 aromatic heterocycles. The minimum atomic E-state index is -2.34. The molecule has 2 aliphatic rings. The standard InChI is InChI=1S/C16H24N2OS/c1-16(2,3)12-5-7-15(8-6-12)20(4,19)18-11-13-9-14(18)10-17-13/h5-8,13-14,17H,4,9-11H2,1-3H3/t13-,14-,20?/m0/s1. The minimum absolute atomic E-state index is 0.122. The molecule has 0 amide bonds. The van der Waals surface area contributed by atoms with Crippen molar-refractivity contribution < 1.29 is 4.21 Å². The number of nitrogens with one attached hydrogen (secondary N) is 1. The molecule has 1 aromatic carbocycles. The number of hydrogen-bond acceptors (Lipinski definition) is 2. The molecule has 1 aromatic rings. The van der Waals surface area contributed by atoms with E-state index in [2.05, 4.69) is 48.4 Å². The molecule has 2 aliphatic heterocycles. The molecule has 2 bridgehead atoms. The number of benzene rings is 1. The summed E-state index contributed by atoms with van der Waals surface area (Å²) in [5.41, 5.74) is 1.39. The summed E-state index contributed by atoms with van der Waals surface area (Å²) in [6.45, 7) is 8.36. The second-order valence-corrected chi connectivity index (χ2v) is 9.23. The monoisotopic (exact) mass is 292 g/mol. The fourth-order valence-electron chi connectivity index (χ4n) is 3.19. The third-order valence-electron chi connectivity index (χ3n) is 4.47. The van der Waals surface area contributed by atoms with Crippen LogP contribution >= 0.6 is 0 Å². The Hall–Kier alpha value is -0.840. The lowest BCUT2D eigenvalue weighted by atomic mass is 9.87. The van der Waals surface area contributed by atoms with Gasteiger partial charge in [0.15, 0.2) is 0 Å². The van der Waals surface area contributed by atoms with Crippen LogP contribution in [0.5, 0.6) is 0 Å². The summed E-state index contributed by atoms with van der Waals surface area (Å²) in [6, 6.07) is 9.05. The van der Waals surface area contributed by atoms with Crippen LogP contribution in [-0.4, -0.2) is 39.6 Å². The summed E-state index contributed by atoms with van der Waals surface area (Å²) in [5, 5.41) is 3.44. The van der Waals surface area contributed by atoms with Gasteiger partial charge in [0.05, 0.1) is 9.71 Å². The van der Waals surface area contributed by atoms with E-state index in [1.807, 2.05) is 12.1 Å². The van der Waals surface area contributed by atoms with E-state index in [0.717, 1.165) is 24.4 Å². The highest BCUT2D eigenvalue weighted by Crippen LogP contribution is 2.31. The molecule has 0 saturated carbocycles. The van der Waals surface area contributed by atoms with E-state index in [9.17, 15) is 4.21 Å². The Balaban J connectivity index is 1.88. The predicted octanol–water partition coefficient (Wildman–Crippen LogP) is 2.02. The highest BCUT2D eigenvalue weighted by molar-refractivity contribution is 7.98. The van der Waals surface area contributed by atoms with Crippen LogP contribution in [0.3, 0.4) is 0 Å². The van der Waals surface area contributed by atoms with Gasteiger partial charge in [-0.15, -0.1) is 0 Å². The zero-order valence-electron chi connectivity index (χ0n) is 12.6. The molecule has 1 N–H and O–H groups in total. The maximum absolute atomic E-state index is 13.1. The van der Waals surface area contributed by atoms with Crippen molar-refractivity contribution >= 4 is 15.6 Å². The minimum Gasteiger partial charge on any atom is -0.311 e. The predicted molar refractivity (Wildman–Crippen MR) is 85.6 cm³/mol. The molecule has 20 heavy (non-hydrogen) atoms. The Bertz CT molecular complexity index is 598. The van der Waals surface area contributed by atoms with Gasteiger partial charge in [0.2, 0.25) is 0 Å². The highest BCUT2D eigenvalue weighted by atomic mass is 32.2. The van der Waals surface area contributed by atoms with Gasteiger partial charge in [-0.05, 0) is 35.4 Å². The Kier molecular flexibility index (Phi) is 3.23. The fourth-order valence-corrected chi connectivity index (χ4v) is 5.08. The summed E-state index contributed by atoms with van der Waals surface area (Å²) in [6.07, 6.45) is 1.10. The maximum atomic E-state index is 13.1. The van der Waals surface area contributed by atoms with Crippen LogP contribution in [-0.2, 0) is 15.1 Å². The van der Waals surface area contributed by atoms with E-state index >= 15 is 0 Å². The first-order valence-electron chi connectivity index (χ1n) is 7.26. The summed E-state index contributed by atoms with van der Waals surface area (Å²) in [7, 11) is -2.34. The van der Waals surface area contributed by atoms with Crippen molar-refractivity contribution in [3.8, 4) is 0 Å². The van der Waals surface area contributed by atoms with Gasteiger partial charge < -0.3 is 5.32 Å². The van der Waals surface area contributed by atoms with Crippen molar-refractivity contribution in [2.24, 2.45) is 0 Å². The number of fused-ring (bicyclic) bond motifs is 2. The third-order valence-corrected chi connectivity index (χ3v) is 6.69. The number of hydrogen-bond donors (Lipinski definition) is 1. The Labute approximate surface area is 122 Å². The quantitative estimate of drug-likeness (QED) is 0.846. The Morgan fingerprint density at radius 3 is 2.40 bits per heavy atom. The zero-order chi connectivity index (χ0) is 14.5. The molecular weight excluding hydrogens is 268 g/mol. The molecule has 110 valence electrons. The molecule has 2 fully saturated rings. The average Bonchev–Trinajstić information content (AvgIpc) is 3.00. The highest BCUT2D eigenvalue weighted by Gasteiger charge is 2.41. The van der Waals surface area contributed by atoms with Crippen molar-refractivity contribution in [3.63, 3.8) is 0 Å². The van der Waals surface area contributed by atoms with Crippen LogP contribution in [0.15, 0.2) is 29.2 Å². The molecule has 2 heterocycles. The SMILES string of the molecule is C=S(=O)(c1ccc(C(C)(C)C)cc1)N1C[C@@H]2C[C@H]1CN2. The van der Waals surface area contributed by atoms with Gasteiger partial charge in [-0.3, -0.25) is 0 Å². The Morgan fingerprint density at radius 2 is 1.95 bits per heavy atom. The molecular formula is C16H24N2OS. The van der Waals surface area contributed by atoms with E-state index in [1.54, 1.807) is 0 Å². The molecule has 4 heteroatoms. The first-order valence-corrected chi connectivity index (χ1v) is 8.95. The van der Waals surface area contributed by atoms with Crippen molar-refractivity contribution in [1.29, 1.82) is 0 Å². The van der Waals surface area contributed by atoms with Gasteiger partial charge in [0.25, 0.3) is 0 Å². The van der Waals surface area contributed by atoms with E-state index in [0.29, 0.717) is 12.1 Å². The van der Waals surface area contributed by atoms with Gasteiger partial charge >= 0.3 is 0 Å². The first-order chi connectivity index (χ1) is 9.28. The normalized spacial score (nSPS) is 29.6. The van der Waals surface area contributed by atoms with Crippen molar-refractivity contribution in [3.05, 3.63) is 29.8 Å². The summed E-state index contributed by atoms with van der Waals surface area (Å²) >= 11 is 0. The van der Waals surface area contributed by atoms with Gasteiger partial charge in [-0.1, -0.05) is 32.9 Å². The lowest BCUT2D eigenvalue weighted by Crippen LogP contribution is -2.46. The first kappa shape index (κ1) is 14.1. The van der Waals surface area contributed by atoms with E-state index in [-0.39, 0.29) is 5.41 Å². The summed E-state index contributed by atoms with van der Waals surface area (Å²) in [5.74, 6) is 4.06. The fraction of sp³-hybridized carbons (Fsp3) is 0.562. The van der Waals surface area contributed by atoms with Gasteiger partial charge in [-0.2, -0.15) is 0 Å². The van der Waals surface area contributed by atoms with Crippen LogP contribution in [0.25, 0.3) is 0 Å². The van der Waals surface area contributed by atoms with Crippen LogP contribution < -0.4 is 5.32 Å². The Morgan fingerprint density at radius 1 is 1.30 bits per heavy atom. The van der Waals surface area contributed by atoms with Crippen LogP contribution in [0.4, 0.5) is 0 Å². The van der Waals surface area contributed by atoms with Crippen molar-refractivity contribution in [2.45, 2.75) is 49.6 Å². The maximum Gasteiger partial charge on any atom is 0.0562 e. The van der Waals surface area contributed by atoms with Crippen molar-refractivity contribution in [2.75, 3.05) is 13.1 Å². The lowest BCUT2D eigenvalue weighted by Gasteiger charge is -2.30. The lowest BCUT2D eigenvalue weighted by molar-refractivity contribution is 0.367. The number of rotatable bonds is 2. The molecule has 2 saturated heterocycles. The molecule has 1 unspecified atom stereocenters. The molecule has 3 atom stereocenters. The second-order valence-electron chi connectivity index (χ2n) is 7.01. The largest absolute Gasteiger partial charge is 0.311 e. The average molecular weight is 292 g/mol. The van der Waals surface area contributed by atoms with Gasteiger partial charge in [0.1, 0.15) is 0 Å². The van der Waals surface area contributed by atoms with E-state index in [4.69, 9.17) is 0 Å². The molecule has 0 spiro atoms. The summed E-state index contributed by atoms with van der Waals surface area (Å²) < 4.78 is 15.2. The second kappa shape index (κ2) is 4.58. The molecule has 3 nitrogen and oxygen atoms in total. The molecule has 0 aliphatic carbocycles. The molecule has 0 radical (unpaired) electrons. The van der Waals surface area contributed by atoms with Crippen LogP contribution in [0.1, 0.15) is 32.8 Å². The molecule has 3 rings (SSSR count). The zero-order valence-corrected chi connectivity index (χ0v) is 13.4. The van der Waals surface area contributed by atoms with E-state index in [1.165, 1.54) is 5.56 Å². The number of piperazine rings is 1. The van der Waals surface area contributed by atoms with Crippen molar-refractivity contribution in [1.82, 2.24) is 9.62 Å². The summed E-state index contributed by atoms with van der Waals surface area (Å²) in [4.78, 5) is 0.859. The smallest absolute Gasteiger partial charge is 0.0562 e. The van der Waals surface area contributed by atoms with Gasteiger partial charge in [0, 0.05) is 30.1 Å². The number of nitrogens with zero attached hydrogens (tertiary/aromatic N) is 1.